The van der Waals surface area contributed by atoms with Crippen molar-refractivity contribution in [1.82, 2.24) is 5.32 Å². The number of nitrogens with one attached hydrogen (secondary N) is 2. The van der Waals surface area contributed by atoms with Gasteiger partial charge in [0.15, 0.2) is 0 Å². The van der Waals surface area contributed by atoms with Crippen LogP contribution in [0.1, 0.15) is 18.4 Å². The molecule has 2 N–H and O–H groups in total. The van der Waals surface area contributed by atoms with Gasteiger partial charge in [-0.05, 0) is 43.0 Å². The summed E-state index contributed by atoms with van der Waals surface area (Å²) in [6.07, 6.45) is 4.43. The van der Waals surface area contributed by atoms with E-state index in [1.165, 1.54) is 18.9 Å². The maximum atomic E-state index is 12.2. The van der Waals surface area contributed by atoms with Crippen LogP contribution in [-0.2, 0) is 11.2 Å². The van der Waals surface area contributed by atoms with E-state index in [0.29, 0.717) is 23.0 Å². The molecular weight excluding hydrogens is 362 g/mol. The van der Waals surface area contributed by atoms with Crippen molar-refractivity contribution in [3.8, 4) is 11.8 Å². The number of unbranched alkanes of at least 4 members (excludes halogenated alkanes) is 1. The number of anilines is 1. The third kappa shape index (κ3) is 6.69. The highest BCUT2D eigenvalue weighted by atomic mass is 35.5. The third-order valence-corrected chi connectivity index (χ3v) is 4.20. The maximum Gasteiger partial charge on any atom is 0.267 e. The van der Waals surface area contributed by atoms with E-state index in [1.807, 2.05) is 24.3 Å². The normalized spacial score (nSPS) is 10.8. The molecule has 0 saturated carbocycles. The van der Waals surface area contributed by atoms with E-state index in [4.69, 9.17) is 16.3 Å². The number of halogens is 1. The second-order valence-corrected chi connectivity index (χ2v) is 6.28. The molecular formula is C21H22ClN3O2. The number of aryl methyl sites for hydroxylation is 1. The number of hydrogen-bond donors (Lipinski definition) is 2. The molecule has 0 fully saturated rings. The first kappa shape index (κ1) is 20.3. The molecule has 2 aromatic rings. The van der Waals surface area contributed by atoms with Crippen LogP contribution in [-0.4, -0.2) is 19.6 Å². The van der Waals surface area contributed by atoms with Crippen LogP contribution in [0.4, 0.5) is 5.69 Å². The number of amides is 1. The summed E-state index contributed by atoms with van der Waals surface area (Å²) in [5.74, 6) is 0.0263. The van der Waals surface area contributed by atoms with Crippen LogP contribution in [0.5, 0.6) is 5.75 Å². The molecule has 0 aliphatic heterocycles. The highest BCUT2D eigenvalue weighted by molar-refractivity contribution is 6.32. The van der Waals surface area contributed by atoms with Crippen LogP contribution >= 0.6 is 11.6 Å². The minimum absolute atomic E-state index is 0.00463. The molecule has 0 unspecified atom stereocenters. The van der Waals surface area contributed by atoms with E-state index < -0.39 is 5.91 Å². The molecule has 6 heteroatoms. The fraction of sp³-hybridized carbons (Fsp3) is 0.238. The number of carbonyl (C=O) groups is 1. The van der Waals surface area contributed by atoms with E-state index in [9.17, 15) is 10.1 Å². The molecule has 2 aromatic carbocycles. The molecule has 27 heavy (non-hydrogen) atoms. The second kappa shape index (κ2) is 10.9. The van der Waals surface area contributed by atoms with Gasteiger partial charge in [-0.15, -0.1) is 0 Å². The minimum Gasteiger partial charge on any atom is -0.495 e. The number of hydrogen-bond acceptors (Lipinski definition) is 4. The van der Waals surface area contributed by atoms with Crippen LogP contribution in [0.15, 0.2) is 60.3 Å². The molecule has 0 radical (unpaired) electrons. The van der Waals surface area contributed by atoms with Crippen molar-refractivity contribution in [2.75, 3.05) is 19.0 Å². The first-order valence-corrected chi connectivity index (χ1v) is 9.04. The van der Waals surface area contributed by atoms with Gasteiger partial charge >= 0.3 is 0 Å². The fourth-order valence-electron chi connectivity index (χ4n) is 2.47. The Morgan fingerprint density at radius 3 is 2.67 bits per heavy atom. The van der Waals surface area contributed by atoms with E-state index in [2.05, 4.69) is 22.8 Å². The van der Waals surface area contributed by atoms with Crippen LogP contribution in [0.2, 0.25) is 5.02 Å². The maximum absolute atomic E-state index is 12.2. The zero-order valence-electron chi connectivity index (χ0n) is 15.2. The number of carbonyl (C=O) groups excluding carboxylic acids is 1. The lowest BCUT2D eigenvalue weighted by molar-refractivity contribution is -0.112. The quantitative estimate of drug-likeness (QED) is 0.384. The van der Waals surface area contributed by atoms with Gasteiger partial charge < -0.3 is 15.4 Å². The third-order valence-electron chi connectivity index (χ3n) is 3.90. The zero-order chi connectivity index (χ0) is 19.5. The van der Waals surface area contributed by atoms with Crippen molar-refractivity contribution in [2.24, 2.45) is 0 Å². The Bertz CT molecular complexity index is 829. The van der Waals surface area contributed by atoms with Crippen molar-refractivity contribution < 1.29 is 9.53 Å². The van der Waals surface area contributed by atoms with Gasteiger partial charge in [-0.3, -0.25) is 4.79 Å². The molecule has 0 heterocycles. The fourth-order valence-corrected chi connectivity index (χ4v) is 2.72. The summed E-state index contributed by atoms with van der Waals surface area (Å²) in [5, 5.41) is 15.3. The van der Waals surface area contributed by atoms with Crippen molar-refractivity contribution in [1.29, 1.82) is 5.26 Å². The van der Waals surface area contributed by atoms with Gasteiger partial charge in [0.1, 0.15) is 17.4 Å². The molecule has 2 rings (SSSR count). The van der Waals surface area contributed by atoms with Gasteiger partial charge in [-0.2, -0.15) is 5.26 Å². The monoisotopic (exact) mass is 383 g/mol. The standard InChI is InChI=1S/C21H22ClN3O2/c1-27-20-11-10-18(13-19(20)22)25-21(26)17(14-23)15-24-12-6-5-9-16-7-3-2-4-8-16/h2-4,7-8,10-11,13,15,24H,5-6,9,12H2,1H3,(H,25,26)/b17-15-. The van der Waals surface area contributed by atoms with Gasteiger partial charge in [-0.25, -0.2) is 0 Å². The second-order valence-electron chi connectivity index (χ2n) is 5.87. The Balaban J connectivity index is 1.78. The van der Waals surface area contributed by atoms with Crippen LogP contribution in [0.25, 0.3) is 0 Å². The molecule has 0 bridgehead atoms. The van der Waals surface area contributed by atoms with Crippen molar-refractivity contribution in [3.63, 3.8) is 0 Å². The molecule has 0 aliphatic carbocycles. The molecule has 0 atom stereocenters. The first-order valence-electron chi connectivity index (χ1n) is 8.66. The Hall–Kier alpha value is -2.97. The molecule has 0 spiro atoms. The molecule has 0 saturated heterocycles. The Morgan fingerprint density at radius 2 is 2.00 bits per heavy atom. The van der Waals surface area contributed by atoms with Gasteiger partial charge in [-0.1, -0.05) is 41.9 Å². The van der Waals surface area contributed by atoms with Crippen LogP contribution in [0.3, 0.4) is 0 Å². The number of nitrogens with zero attached hydrogens (tertiary/aromatic N) is 1. The predicted octanol–water partition coefficient (Wildman–Crippen LogP) is 4.31. The predicted molar refractivity (Wildman–Crippen MR) is 108 cm³/mol. The van der Waals surface area contributed by atoms with E-state index in [0.717, 1.165) is 19.3 Å². The molecule has 0 aromatic heterocycles. The lowest BCUT2D eigenvalue weighted by Crippen LogP contribution is -2.17. The number of benzene rings is 2. The summed E-state index contributed by atoms with van der Waals surface area (Å²) in [7, 11) is 1.52. The average molecular weight is 384 g/mol. The Labute approximate surface area is 164 Å². The van der Waals surface area contributed by atoms with Gasteiger partial charge in [0, 0.05) is 18.4 Å². The van der Waals surface area contributed by atoms with Gasteiger partial charge in [0.25, 0.3) is 5.91 Å². The summed E-state index contributed by atoms with van der Waals surface area (Å²) in [6, 6.07) is 17.1. The van der Waals surface area contributed by atoms with E-state index in [1.54, 1.807) is 18.2 Å². The largest absolute Gasteiger partial charge is 0.495 e. The first-order chi connectivity index (χ1) is 13.1. The number of rotatable bonds is 9. The van der Waals surface area contributed by atoms with Crippen molar-refractivity contribution in [3.05, 3.63) is 70.9 Å². The SMILES string of the molecule is COc1ccc(NC(=O)/C(C#N)=C\NCCCCc2ccccc2)cc1Cl. The highest BCUT2D eigenvalue weighted by Gasteiger charge is 2.10. The topological polar surface area (TPSA) is 74.1 Å². The number of nitriles is 1. The Morgan fingerprint density at radius 1 is 1.22 bits per heavy atom. The lowest BCUT2D eigenvalue weighted by atomic mass is 10.1. The number of methoxy groups -OCH3 is 1. The number of ether oxygens (including phenoxy) is 1. The molecule has 0 aliphatic rings. The summed E-state index contributed by atoms with van der Waals surface area (Å²) < 4.78 is 5.07. The lowest BCUT2D eigenvalue weighted by Gasteiger charge is -2.08. The van der Waals surface area contributed by atoms with Gasteiger partial charge in [0.2, 0.25) is 0 Å². The molecule has 1 amide bonds. The summed E-state index contributed by atoms with van der Waals surface area (Å²) in [5.41, 5.74) is 1.81. The summed E-state index contributed by atoms with van der Waals surface area (Å²) in [6.45, 7) is 0.694. The van der Waals surface area contributed by atoms with Crippen LogP contribution in [0, 0.1) is 11.3 Å². The summed E-state index contributed by atoms with van der Waals surface area (Å²) >= 11 is 6.03. The van der Waals surface area contributed by atoms with Gasteiger partial charge in [0.05, 0.1) is 12.1 Å². The van der Waals surface area contributed by atoms with Crippen molar-refractivity contribution >= 4 is 23.2 Å². The van der Waals surface area contributed by atoms with Crippen LogP contribution < -0.4 is 15.4 Å². The van der Waals surface area contributed by atoms with Crippen molar-refractivity contribution in [2.45, 2.75) is 19.3 Å². The smallest absolute Gasteiger partial charge is 0.267 e. The molecule has 5 nitrogen and oxygen atoms in total. The van der Waals surface area contributed by atoms with E-state index >= 15 is 0 Å². The average Bonchev–Trinajstić information content (AvgIpc) is 2.68. The highest BCUT2D eigenvalue weighted by Crippen LogP contribution is 2.27. The summed E-state index contributed by atoms with van der Waals surface area (Å²) in [4.78, 5) is 12.2. The minimum atomic E-state index is -0.490. The molecule has 140 valence electrons. The zero-order valence-corrected chi connectivity index (χ0v) is 15.9. The van der Waals surface area contributed by atoms with E-state index in [-0.39, 0.29) is 5.57 Å². The Kier molecular flexibility index (Phi) is 8.21.